The van der Waals surface area contributed by atoms with Crippen molar-refractivity contribution in [2.75, 3.05) is 0 Å². The minimum Gasteiger partial charge on any atom is -0.478 e. The molecular weight excluding hydrogens is 221 g/mol. The summed E-state index contributed by atoms with van der Waals surface area (Å²) >= 11 is 0. The van der Waals surface area contributed by atoms with Crippen molar-refractivity contribution in [2.45, 2.75) is 32.4 Å². The maximum absolute atomic E-state index is 13.4. The molecule has 0 saturated heterocycles. The summed E-state index contributed by atoms with van der Waals surface area (Å²) in [5, 5.41) is 12.0. The lowest BCUT2D eigenvalue weighted by Gasteiger charge is -2.05. The molecule has 0 heterocycles. The highest BCUT2D eigenvalue weighted by atomic mass is 19.1. The molecule has 3 nitrogen and oxygen atoms in total. The Bertz CT molecular complexity index is 433. The number of aromatic carboxylic acids is 1. The van der Waals surface area contributed by atoms with Gasteiger partial charge in [0.25, 0.3) is 0 Å². The van der Waals surface area contributed by atoms with Crippen LogP contribution in [0.5, 0.6) is 0 Å². The van der Waals surface area contributed by atoms with Crippen molar-refractivity contribution in [1.82, 2.24) is 5.32 Å². The quantitative estimate of drug-likeness (QED) is 0.826. The van der Waals surface area contributed by atoms with Crippen molar-refractivity contribution >= 4 is 5.97 Å². The fourth-order valence-corrected chi connectivity index (χ4v) is 2.04. The van der Waals surface area contributed by atoms with Crippen LogP contribution in [0.25, 0.3) is 0 Å². The number of hydrogen-bond acceptors (Lipinski definition) is 2. The van der Waals surface area contributed by atoms with E-state index in [0.717, 1.165) is 11.5 Å². The van der Waals surface area contributed by atoms with Crippen molar-refractivity contribution in [3.05, 3.63) is 35.1 Å². The molecule has 1 fully saturated rings. The number of carbonyl (C=O) groups is 1. The van der Waals surface area contributed by atoms with Crippen LogP contribution in [0.3, 0.4) is 0 Å². The predicted octanol–water partition coefficient (Wildman–Crippen LogP) is 2.41. The first kappa shape index (κ1) is 12.0. The van der Waals surface area contributed by atoms with Gasteiger partial charge >= 0.3 is 5.97 Å². The number of hydrogen-bond donors (Lipinski definition) is 2. The number of carboxylic acids is 1. The van der Waals surface area contributed by atoms with Gasteiger partial charge in [-0.2, -0.15) is 0 Å². The van der Waals surface area contributed by atoms with Gasteiger partial charge in [0.1, 0.15) is 5.82 Å². The van der Waals surface area contributed by atoms with Crippen molar-refractivity contribution in [1.29, 1.82) is 0 Å². The van der Waals surface area contributed by atoms with Crippen molar-refractivity contribution in [2.24, 2.45) is 5.92 Å². The maximum Gasteiger partial charge on any atom is 0.338 e. The molecule has 1 saturated carbocycles. The molecule has 0 bridgehead atoms. The van der Waals surface area contributed by atoms with Gasteiger partial charge in [0.15, 0.2) is 0 Å². The minimum atomic E-state index is -1.23. The summed E-state index contributed by atoms with van der Waals surface area (Å²) in [4.78, 5) is 10.6. The number of nitrogens with one attached hydrogen (secondary N) is 1. The van der Waals surface area contributed by atoms with Gasteiger partial charge in [-0.05, 0) is 30.0 Å². The molecule has 0 spiro atoms. The van der Waals surface area contributed by atoms with Gasteiger partial charge in [-0.25, -0.2) is 9.18 Å². The Morgan fingerprint density at radius 1 is 1.59 bits per heavy atom. The van der Waals surface area contributed by atoms with Crippen LogP contribution in [0.2, 0.25) is 0 Å². The molecule has 4 heteroatoms. The zero-order valence-corrected chi connectivity index (χ0v) is 9.74. The molecule has 0 radical (unpaired) electrons. The Morgan fingerprint density at radius 2 is 2.35 bits per heavy atom. The molecule has 0 amide bonds. The van der Waals surface area contributed by atoms with E-state index in [1.54, 1.807) is 6.07 Å². The summed E-state index contributed by atoms with van der Waals surface area (Å²) in [6.07, 6.45) is 2.36. The summed E-state index contributed by atoms with van der Waals surface area (Å²) in [5.74, 6) is -1.15. The minimum absolute atomic E-state index is 0.272. The molecule has 2 unspecified atom stereocenters. The molecule has 92 valence electrons. The molecular formula is C13H16FNO2. The van der Waals surface area contributed by atoms with Crippen molar-refractivity contribution in [3.63, 3.8) is 0 Å². The maximum atomic E-state index is 13.4. The van der Waals surface area contributed by atoms with Gasteiger partial charge in [0, 0.05) is 12.6 Å². The van der Waals surface area contributed by atoms with Crippen LogP contribution in [-0.4, -0.2) is 17.1 Å². The van der Waals surface area contributed by atoms with Crippen LogP contribution in [0.4, 0.5) is 4.39 Å². The Labute approximate surface area is 99.7 Å². The number of halogens is 1. The molecule has 1 aromatic rings. The SMILES string of the molecule is CCC1CC1NCc1ccc(C(=O)O)c(F)c1. The molecule has 0 aliphatic heterocycles. The van der Waals surface area contributed by atoms with E-state index in [2.05, 4.69) is 12.2 Å². The highest BCUT2D eigenvalue weighted by molar-refractivity contribution is 5.87. The Balaban J connectivity index is 1.94. The third-order valence-corrected chi connectivity index (χ3v) is 3.28. The standard InChI is InChI=1S/C13H16FNO2/c1-2-9-6-12(9)15-7-8-3-4-10(13(16)17)11(14)5-8/h3-5,9,12,15H,2,6-7H2,1H3,(H,16,17). The first-order chi connectivity index (χ1) is 8.11. The average Bonchev–Trinajstić information content (AvgIpc) is 3.04. The summed E-state index contributed by atoms with van der Waals surface area (Å²) in [6.45, 7) is 2.76. The van der Waals surface area contributed by atoms with Gasteiger partial charge in [0.05, 0.1) is 5.56 Å². The largest absolute Gasteiger partial charge is 0.478 e. The summed E-state index contributed by atoms with van der Waals surface area (Å²) in [5.41, 5.74) is 0.515. The van der Waals surface area contributed by atoms with Crippen molar-refractivity contribution < 1.29 is 14.3 Å². The third kappa shape index (κ3) is 2.82. The Hall–Kier alpha value is -1.42. The summed E-state index contributed by atoms with van der Waals surface area (Å²) in [7, 11) is 0. The van der Waals surface area contributed by atoms with E-state index < -0.39 is 11.8 Å². The first-order valence-electron chi connectivity index (χ1n) is 5.87. The Kier molecular flexibility index (Phi) is 3.43. The van der Waals surface area contributed by atoms with E-state index in [4.69, 9.17) is 5.11 Å². The molecule has 2 N–H and O–H groups in total. The summed E-state index contributed by atoms with van der Waals surface area (Å²) in [6, 6.07) is 4.81. The van der Waals surface area contributed by atoms with E-state index in [-0.39, 0.29) is 5.56 Å². The van der Waals surface area contributed by atoms with E-state index in [9.17, 15) is 9.18 Å². The lowest BCUT2D eigenvalue weighted by molar-refractivity contribution is 0.0692. The second-order valence-corrected chi connectivity index (χ2v) is 4.51. The van der Waals surface area contributed by atoms with Gasteiger partial charge in [0.2, 0.25) is 0 Å². The molecule has 0 aromatic heterocycles. The van der Waals surface area contributed by atoms with E-state index in [1.807, 2.05) is 0 Å². The molecule has 1 aromatic carbocycles. The monoisotopic (exact) mass is 237 g/mol. The third-order valence-electron chi connectivity index (χ3n) is 3.28. The molecule has 2 rings (SSSR count). The lowest BCUT2D eigenvalue weighted by Crippen LogP contribution is -2.17. The van der Waals surface area contributed by atoms with Crippen LogP contribution in [0.1, 0.15) is 35.7 Å². The van der Waals surface area contributed by atoms with E-state index >= 15 is 0 Å². The number of rotatable bonds is 5. The highest BCUT2D eigenvalue weighted by Gasteiger charge is 2.34. The van der Waals surface area contributed by atoms with Gasteiger partial charge in [-0.3, -0.25) is 0 Å². The van der Waals surface area contributed by atoms with E-state index in [0.29, 0.717) is 12.6 Å². The van der Waals surface area contributed by atoms with E-state index in [1.165, 1.54) is 25.0 Å². The van der Waals surface area contributed by atoms with Crippen LogP contribution in [-0.2, 0) is 6.54 Å². The van der Waals surface area contributed by atoms with Crippen LogP contribution in [0.15, 0.2) is 18.2 Å². The molecule has 2 atom stereocenters. The highest BCUT2D eigenvalue weighted by Crippen LogP contribution is 2.33. The number of carboxylic acid groups (broad SMARTS) is 1. The fraction of sp³-hybridized carbons (Fsp3) is 0.462. The lowest BCUT2D eigenvalue weighted by atomic mass is 10.1. The zero-order valence-electron chi connectivity index (χ0n) is 9.74. The molecule has 1 aliphatic rings. The zero-order chi connectivity index (χ0) is 12.4. The van der Waals surface area contributed by atoms with Crippen LogP contribution < -0.4 is 5.32 Å². The van der Waals surface area contributed by atoms with Gasteiger partial charge in [-0.15, -0.1) is 0 Å². The number of benzene rings is 1. The molecule has 1 aliphatic carbocycles. The predicted molar refractivity (Wildman–Crippen MR) is 62.4 cm³/mol. The van der Waals surface area contributed by atoms with Gasteiger partial charge < -0.3 is 10.4 Å². The van der Waals surface area contributed by atoms with Crippen LogP contribution >= 0.6 is 0 Å². The smallest absolute Gasteiger partial charge is 0.338 e. The average molecular weight is 237 g/mol. The second kappa shape index (κ2) is 4.84. The van der Waals surface area contributed by atoms with Crippen LogP contribution in [0, 0.1) is 11.7 Å². The Morgan fingerprint density at radius 3 is 2.88 bits per heavy atom. The van der Waals surface area contributed by atoms with Crippen molar-refractivity contribution in [3.8, 4) is 0 Å². The molecule has 17 heavy (non-hydrogen) atoms. The van der Waals surface area contributed by atoms with Gasteiger partial charge in [-0.1, -0.05) is 19.4 Å². The fourth-order valence-electron chi connectivity index (χ4n) is 2.04. The summed E-state index contributed by atoms with van der Waals surface area (Å²) < 4.78 is 13.4. The second-order valence-electron chi connectivity index (χ2n) is 4.51. The normalized spacial score (nSPS) is 22.5. The first-order valence-corrected chi connectivity index (χ1v) is 5.87. The topological polar surface area (TPSA) is 49.3 Å².